The summed E-state index contributed by atoms with van der Waals surface area (Å²) >= 11 is 0. The van der Waals surface area contributed by atoms with E-state index < -0.39 is 0 Å². The zero-order valence-corrected chi connectivity index (χ0v) is 8.72. The predicted molar refractivity (Wildman–Crippen MR) is 56.0 cm³/mol. The average molecular weight is 195 g/mol. The Morgan fingerprint density at radius 1 is 1.43 bits per heavy atom. The maximum atomic E-state index is 12.9. The molecule has 0 aliphatic carbocycles. The van der Waals surface area contributed by atoms with Gasteiger partial charge in [0.25, 0.3) is 0 Å². The molecule has 1 rings (SSSR count). The SMILES string of the molecule is CCCCOc1cccc([C](C)F)c1. The van der Waals surface area contributed by atoms with Crippen molar-refractivity contribution in [2.75, 3.05) is 6.61 Å². The van der Waals surface area contributed by atoms with Gasteiger partial charge in [0.2, 0.25) is 0 Å². The van der Waals surface area contributed by atoms with Gasteiger partial charge >= 0.3 is 0 Å². The molecule has 1 nitrogen and oxygen atoms in total. The second-order valence-electron chi connectivity index (χ2n) is 3.26. The highest BCUT2D eigenvalue weighted by Gasteiger charge is 2.04. The van der Waals surface area contributed by atoms with E-state index in [1.165, 1.54) is 6.92 Å². The lowest BCUT2D eigenvalue weighted by atomic mass is 10.1. The van der Waals surface area contributed by atoms with Gasteiger partial charge in [0, 0.05) is 0 Å². The summed E-state index contributed by atoms with van der Waals surface area (Å²) in [4.78, 5) is 0. The van der Waals surface area contributed by atoms with Gasteiger partial charge in [0.1, 0.15) is 5.75 Å². The van der Waals surface area contributed by atoms with Crippen LogP contribution in [0.1, 0.15) is 32.3 Å². The van der Waals surface area contributed by atoms with Crippen molar-refractivity contribution in [3.8, 4) is 5.75 Å². The second-order valence-corrected chi connectivity index (χ2v) is 3.26. The Kier molecular flexibility index (Phi) is 4.44. The summed E-state index contributed by atoms with van der Waals surface area (Å²) in [5, 5.41) is 0. The molecule has 0 N–H and O–H groups in total. The van der Waals surface area contributed by atoms with Gasteiger partial charge in [-0.2, -0.15) is 0 Å². The first kappa shape index (κ1) is 11.0. The normalized spacial score (nSPS) is 10.6. The fourth-order valence-electron chi connectivity index (χ4n) is 1.13. The summed E-state index contributed by atoms with van der Waals surface area (Å²) in [5.41, 5.74) is 0.596. The summed E-state index contributed by atoms with van der Waals surface area (Å²) in [6.45, 7) is 4.26. The number of ether oxygens (including phenoxy) is 1. The van der Waals surface area contributed by atoms with Gasteiger partial charge in [0.05, 0.1) is 6.61 Å². The third-order valence-electron chi connectivity index (χ3n) is 2.00. The first-order valence-corrected chi connectivity index (χ1v) is 4.96. The largest absolute Gasteiger partial charge is 0.494 e. The van der Waals surface area contributed by atoms with E-state index in [0.29, 0.717) is 12.2 Å². The number of hydrogen-bond acceptors (Lipinski definition) is 1. The Morgan fingerprint density at radius 3 is 2.86 bits per heavy atom. The molecule has 0 aliphatic rings. The van der Waals surface area contributed by atoms with E-state index in [1.54, 1.807) is 18.2 Å². The van der Waals surface area contributed by atoms with E-state index in [4.69, 9.17) is 4.74 Å². The van der Waals surface area contributed by atoms with E-state index in [0.717, 1.165) is 18.6 Å². The van der Waals surface area contributed by atoms with Crippen molar-refractivity contribution in [2.45, 2.75) is 26.7 Å². The van der Waals surface area contributed by atoms with Crippen molar-refractivity contribution in [1.29, 1.82) is 0 Å². The van der Waals surface area contributed by atoms with Gasteiger partial charge < -0.3 is 4.74 Å². The van der Waals surface area contributed by atoms with E-state index in [1.807, 2.05) is 6.07 Å². The molecule has 0 fully saturated rings. The quantitative estimate of drug-likeness (QED) is 0.650. The predicted octanol–water partition coefficient (Wildman–Crippen LogP) is 3.73. The summed E-state index contributed by atoms with van der Waals surface area (Å²) < 4.78 is 18.3. The maximum absolute atomic E-state index is 12.9. The van der Waals surface area contributed by atoms with E-state index in [-0.39, 0.29) is 6.17 Å². The van der Waals surface area contributed by atoms with Crippen LogP contribution in [0.3, 0.4) is 0 Å². The number of benzene rings is 1. The molecule has 0 spiro atoms. The summed E-state index contributed by atoms with van der Waals surface area (Å²) in [6, 6.07) is 7.12. The van der Waals surface area contributed by atoms with E-state index in [9.17, 15) is 4.39 Å². The van der Waals surface area contributed by atoms with Crippen molar-refractivity contribution >= 4 is 0 Å². The molecule has 77 valence electrons. The molecule has 0 saturated heterocycles. The van der Waals surface area contributed by atoms with Gasteiger partial charge in [-0.15, -0.1) is 0 Å². The summed E-state index contributed by atoms with van der Waals surface area (Å²) in [7, 11) is 0. The smallest absolute Gasteiger partial charge is 0.171 e. The average Bonchev–Trinajstić information content (AvgIpc) is 2.19. The highest BCUT2D eigenvalue weighted by molar-refractivity contribution is 5.34. The van der Waals surface area contributed by atoms with Gasteiger partial charge in [-0.05, 0) is 31.0 Å². The van der Waals surface area contributed by atoms with Crippen molar-refractivity contribution in [3.63, 3.8) is 0 Å². The number of unbranched alkanes of at least 4 members (excludes halogenated alkanes) is 1. The minimum atomic E-state index is -0.175. The molecule has 0 bridgehead atoms. The standard InChI is InChI=1S/C12H16FO/c1-3-4-8-14-12-7-5-6-11(9-12)10(2)13/h5-7,9H,3-4,8H2,1-2H3. The van der Waals surface area contributed by atoms with Crippen molar-refractivity contribution in [2.24, 2.45) is 0 Å². The molecule has 0 heterocycles. The van der Waals surface area contributed by atoms with Crippen LogP contribution in [-0.2, 0) is 0 Å². The molecular formula is C12H16FO. The monoisotopic (exact) mass is 195 g/mol. The first-order chi connectivity index (χ1) is 6.74. The van der Waals surface area contributed by atoms with Crippen LogP contribution in [-0.4, -0.2) is 6.61 Å². The van der Waals surface area contributed by atoms with Gasteiger partial charge in [-0.25, -0.2) is 4.39 Å². The third kappa shape index (κ3) is 3.36. The molecular weight excluding hydrogens is 179 g/mol. The summed E-state index contributed by atoms with van der Waals surface area (Å²) in [6.07, 6.45) is 1.96. The highest BCUT2D eigenvalue weighted by Crippen LogP contribution is 2.20. The van der Waals surface area contributed by atoms with Crippen LogP contribution in [0, 0.1) is 6.17 Å². The molecule has 1 aromatic rings. The van der Waals surface area contributed by atoms with Gasteiger partial charge in [0.15, 0.2) is 6.17 Å². The molecule has 1 aromatic carbocycles. The molecule has 1 radical (unpaired) electrons. The Morgan fingerprint density at radius 2 is 2.21 bits per heavy atom. The number of hydrogen-bond donors (Lipinski definition) is 0. The fourth-order valence-corrected chi connectivity index (χ4v) is 1.13. The van der Waals surface area contributed by atoms with Crippen molar-refractivity contribution in [3.05, 3.63) is 36.0 Å². The first-order valence-electron chi connectivity index (χ1n) is 4.96. The van der Waals surface area contributed by atoms with E-state index >= 15 is 0 Å². The van der Waals surface area contributed by atoms with Crippen LogP contribution < -0.4 is 4.74 Å². The number of rotatable bonds is 5. The Hall–Kier alpha value is -1.05. The minimum Gasteiger partial charge on any atom is -0.494 e. The fraction of sp³-hybridized carbons (Fsp3) is 0.417. The Balaban J connectivity index is 2.55. The molecule has 2 heteroatoms. The Bertz CT molecular complexity index is 271. The third-order valence-corrected chi connectivity index (χ3v) is 2.00. The van der Waals surface area contributed by atoms with Crippen LogP contribution in [0.4, 0.5) is 4.39 Å². The van der Waals surface area contributed by atoms with Gasteiger partial charge in [-0.3, -0.25) is 0 Å². The van der Waals surface area contributed by atoms with Crippen molar-refractivity contribution in [1.82, 2.24) is 0 Å². The molecule has 0 unspecified atom stereocenters. The highest BCUT2D eigenvalue weighted by atomic mass is 19.1. The lowest BCUT2D eigenvalue weighted by molar-refractivity contribution is 0.309. The van der Waals surface area contributed by atoms with Crippen LogP contribution >= 0.6 is 0 Å². The molecule has 0 aromatic heterocycles. The Labute approximate surface area is 84.9 Å². The molecule has 0 amide bonds. The topological polar surface area (TPSA) is 9.23 Å². The second kappa shape index (κ2) is 5.63. The lowest BCUT2D eigenvalue weighted by Gasteiger charge is -2.07. The molecule has 0 saturated carbocycles. The minimum absolute atomic E-state index is 0.175. The zero-order chi connectivity index (χ0) is 10.4. The van der Waals surface area contributed by atoms with E-state index in [2.05, 4.69) is 6.92 Å². The summed E-state index contributed by atoms with van der Waals surface area (Å²) in [5.74, 6) is 0.743. The lowest BCUT2D eigenvalue weighted by Crippen LogP contribution is -1.97. The van der Waals surface area contributed by atoms with Gasteiger partial charge in [-0.1, -0.05) is 25.5 Å². The van der Waals surface area contributed by atoms with Crippen LogP contribution in [0.25, 0.3) is 0 Å². The zero-order valence-electron chi connectivity index (χ0n) is 8.72. The van der Waals surface area contributed by atoms with Crippen LogP contribution in [0.15, 0.2) is 24.3 Å². The van der Waals surface area contributed by atoms with Crippen LogP contribution in [0.5, 0.6) is 5.75 Å². The maximum Gasteiger partial charge on any atom is 0.171 e. The molecule has 0 aliphatic heterocycles. The van der Waals surface area contributed by atoms with Crippen molar-refractivity contribution < 1.29 is 9.13 Å². The molecule has 0 atom stereocenters. The molecule has 14 heavy (non-hydrogen) atoms. The van der Waals surface area contributed by atoms with Crippen LogP contribution in [0.2, 0.25) is 0 Å². The number of halogens is 1.